The average molecular weight is 859 g/mol. The van der Waals surface area contributed by atoms with E-state index < -0.39 is 42.3 Å². The van der Waals surface area contributed by atoms with E-state index in [1.807, 2.05) is 23.1 Å². The first kappa shape index (κ1) is 48.6. The molecule has 0 saturated carbocycles. The first-order chi connectivity index (χ1) is 27.2. The molecule has 26 heteroatoms. The number of benzene rings is 1. The van der Waals surface area contributed by atoms with Crippen LogP contribution >= 0.6 is 0 Å². The van der Waals surface area contributed by atoms with Gasteiger partial charge in [-0.1, -0.05) is 0 Å². The number of nitrogens with one attached hydrogen (secondary N) is 1. The predicted octanol–water partition coefficient (Wildman–Crippen LogP) is 5.56. The van der Waals surface area contributed by atoms with Gasteiger partial charge < -0.3 is 34.8 Å². The summed E-state index contributed by atoms with van der Waals surface area (Å²) in [4.78, 5) is 54.4. The van der Waals surface area contributed by atoms with E-state index in [1.54, 1.807) is 26.4 Å². The van der Waals surface area contributed by atoms with Crippen LogP contribution in [0.2, 0.25) is 0 Å². The second kappa shape index (κ2) is 20.8. The van der Waals surface area contributed by atoms with Crippen LogP contribution in [0.3, 0.4) is 0 Å². The van der Waals surface area contributed by atoms with E-state index in [9.17, 15) is 54.0 Å². The van der Waals surface area contributed by atoms with Gasteiger partial charge in [-0.3, -0.25) is 9.48 Å². The molecule has 3 aromatic heterocycles. The summed E-state index contributed by atoms with van der Waals surface area (Å²) in [5.74, 6) is -8.68. The Morgan fingerprint density at radius 2 is 1.47 bits per heavy atom. The number of alkyl halides is 9. The Labute approximate surface area is 325 Å². The van der Waals surface area contributed by atoms with Gasteiger partial charge >= 0.3 is 36.4 Å². The fraction of sp³-hybridized carbons (Fsp3) is 0.394. The number of nitriles is 1. The number of carboxylic acids is 3. The van der Waals surface area contributed by atoms with Crippen molar-refractivity contribution in [1.29, 1.82) is 5.26 Å². The number of hydrogen-bond donors (Lipinski definition) is 4. The smallest absolute Gasteiger partial charge is 0.490 e. The molecule has 1 aromatic carbocycles. The van der Waals surface area contributed by atoms with E-state index in [1.165, 1.54) is 23.4 Å². The van der Waals surface area contributed by atoms with Crippen LogP contribution in [0.15, 0.2) is 49.2 Å². The highest BCUT2D eigenvalue weighted by Crippen LogP contribution is 2.27. The lowest BCUT2D eigenvalue weighted by Crippen LogP contribution is -2.41. The molecule has 0 aliphatic carbocycles. The number of aromatic nitrogens is 5. The van der Waals surface area contributed by atoms with Gasteiger partial charge in [-0.15, -0.1) is 0 Å². The van der Waals surface area contributed by atoms with Crippen molar-refractivity contribution in [3.63, 3.8) is 0 Å². The molecule has 0 bridgehead atoms. The largest absolute Gasteiger partial charge is 0.490 e. The van der Waals surface area contributed by atoms with Crippen LogP contribution in [0.4, 0.5) is 43.9 Å². The fourth-order valence-electron chi connectivity index (χ4n) is 4.82. The van der Waals surface area contributed by atoms with Gasteiger partial charge in [0.15, 0.2) is 0 Å². The molecule has 59 heavy (non-hydrogen) atoms. The predicted molar refractivity (Wildman–Crippen MR) is 180 cm³/mol. The van der Waals surface area contributed by atoms with Crippen LogP contribution in [-0.2, 0) is 14.4 Å². The Morgan fingerprint density at radius 1 is 0.932 bits per heavy atom. The molecule has 5 rings (SSSR count). The SMILES string of the molecule is CN(C)C(=O)c1cc(F)cc(OC2CCN(CC(CC#N)n3cc(-c4ncnc5[nH]ccc45)cn3)CC2)c1.O=C(O)C(F)(F)F.O=C(O)C(F)(F)F.O=C(O)C(F)(F)F. The number of fused-ring (bicyclic) bond motifs is 1. The fourth-order valence-corrected chi connectivity index (χ4v) is 4.82. The molecule has 1 amide bonds. The molecular weight excluding hydrogens is 826 g/mol. The number of likely N-dealkylation sites (tertiary alicyclic amines) is 1. The zero-order chi connectivity index (χ0) is 44.9. The van der Waals surface area contributed by atoms with E-state index in [0.717, 1.165) is 48.2 Å². The Hall–Kier alpha value is -6.52. The molecule has 1 unspecified atom stereocenters. The summed E-state index contributed by atoms with van der Waals surface area (Å²) in [6, 6.07) is 8.24. The standard InChI is InChI=1S/C27H29FN8O2.3C2HF3O2/c1-34(2)27(37)18-11-20(28)13-23(12-18)38-22-5-9-35(10-6-22)16-21(3-7-29)36-15-19(14-33-36)25-24-4-8-30-26(24)32-17-31-25;3*3-2(4,5)1(6)7/h4,8,11-15,17,21-22H,3,5-6,9-10,16H2,1-2H3,(H,30,31,32);3*(H,6,7). The van der Waals surface area contributed by atoms with Crippen molar-refractivity contribution < 1.29 is 83.1 Å². The maximum Gasteiger partial charge on any atom is 0.490 e. The Bertz CT molecular complexity index is 2030. The van der Waals surface area contributed by atoms with Crippen molar-refractivity contribution in [2.45, 2.75) is 49.9 Å². The third-order valence-corrected chi connectivity index (χ3v) is 7.49. The average Bonchev–Trinajstić information content (AvgIpc) is 3.82. The summed E-state index contributed by atoms with van der Waals surface area (Å²) in [6.45, 7) is 2.22. The normalized spacial score (nSPS) is 13.9. The molecular formula is C33H32F10N8O8. The van der Waals surface area contributed by atoms with Crippen molar-refractivity contribution in [2.75, 3.05) is 33.7 Å². The second-order valence-electron chi connectivity index (χ2n) is 12.1. The topological polar surface area (TPSA) is 228 Å². The molecule has 4 aromatic rings. The van der Waals surface area contributed by atoms with E-state index in [4.69, 9.17) is 34.4 Å². The van der Waals surface area contributed by atoms with Crippen molar-refractivity contribution in [3.05, 3.63) is 60.6 Å². The van der Waals surface area contributed by atoms with Gasteiger partial charge in [0, 0.05) is 68.7 Å². The van der Waals surface area contributed by atoms with E-state index in [0.29, 0.717) is 18.7 Å². The quantitative estimate of drug-likeness (QED) is 0.159. The number of ether oxygens (including phenoxy) is 1. The summed E-state index contributed by atoms with van der Waals surface area (Å²) in [6.07, 6.45) is -6.44. The summed E-state index contributed by atoms with van der Waals surface area (Å²) in [5.41, 5.74) is 2.69. The van der Waals surface area contributed by atoms with Crippen molar-refractivity contribution >= 4 is 34.8 Å². The zero-order valence-electron chi connectivity index (χ0n) is 30.3. The van der Waals surface area contributed by atoms with Crippen LogP contribution < -0.4 is 4.74 Å². The lowest BCUT2D eigenvalue weighted by atomic mass is 10.1. The van der Waals surface area contributed by atoms with E-state index in [2.05, 4.69) is 31.0 Å². The van der Waals surface area contributed by atoms with Crippen LogP contribution in [0.5, 0.6) is 5.75 Å². The first-order valence-corrected chi connectivity index (χ1v) is 16.3. The number of rotatable bonds is 8. The Kier molecular flexibility index (Phi) is 17.1. The number of carbonyl (C=O) groups excluding carboxylic acids is 1. The van der Waals surface area contributed by atoms with Crippen molar-refractivity contribution in [2.24, 2.45) is 0 Å². The molecule has 4 heterocycles. The van der Waals surface area contributed by atoms with Gasteiger partial charge in [0.2, 0.25) is 0 Å². The lowest BCUT2D eigenvalue weighted by Gasteiger charge is -2.34. The minimum atomic E-state index is -5.08. The molecule has 1 aliphatic heterocycles. The van der Waals surface area contributed by atoms with Gasteiger partial charge in [0.05, 0.1) is 30.4 Å². The molecule has 1 saturated heterocycles. The number of nitrogens with zero attached hydrogens (tertiary/aromatic N) is 7. The minimum Gasteiger partial charge on any atom is -0.490 e. The number of carbonyl (C=O) groups is 4. The van der Waals surface area contributed by atoms with Crippen LogP contribution in [-0.4, -0.2) is 132 Å². The number of amides is 1. The van der Waals surface area contributed by atoms with E-state index >= 15 is 0 Å². The van der Waals surface area contributed by atoms with Gasteiger partial charge in [-0.2, -0.15) is 49.9 Å². The maximum atomic E-state index is 14.1. The van der Waals surface area contributed by atoms with Crippen molar-refractivity contribution in [1.82, 2.24) is 34.5 Å². The van der Waals surface area contributed by atoms with Gasteiger partial charge in [0.1, 0.15) is 29.6 Å². The Morgan fingerprint density at radius 3 is 1.97 bits per heavy atom. The third-order valence-electron chi connectivity index (χ3n) is 7.49. The molecule has 16 nitrogen and oxygen atoms in total. The number of piperidine rings is 1. The van der Waals surface area contributed by atoms with Crippen LogP contribution in [0.25, 0.3) is 22.3 Å². The number of aliphatic carboxylic acids is 3. The van der Waals surface area contributed by atoms with Gasteiger partial charge in [-0.05, 0) is 31.0 Å². The number of halogens is 10. The lowest BCUT2D eigenvalue weighted by molar-refractivity contribution is -0.193. The molecule has 0 spiro atoms. The van der Waals surface area contributed by atoms with E-state index in [-0.39, 0.29) is 23.6 Å². The molecule has 4 N–H and O–H groups in total. The van der Waals surface area contributed by atoms with Gasteiger partial charge in [-0.25, -0.2) is 28.7 Å². The summed E-state index contributed by atoms with van der Waals surface area (Å²) >= 11 is 0. The maximum absolute atomic E-state index is 14.1. The number of H-pyrrole nitrogens is 1. The highest BCUT2D eigenvalue weighted by molar-refractivity contribution is 5.94. The highest BCUT2D eigenvalue weighted by atomic mass is 19.4. The summed E-state index contributed by atoms with van der Waals surface area (Å²) in [7, 11) is 3.26. The second-order valence-corrected chi connectivity index (χ2v) is 12.1. The zero-order valence-corrected chi connectivity index (χ0v) is 30.3. The third kappa shape index (κ3) is 15.7. The minimum absolute atomic E-state index is 0.0809. The first-order valence-electron chi connectivity index (χ1n) is 16.3. The molecule has 1 atom stereocenters. The van der Waals surface area contributed by atoms with Crippen LogP contribution in [0, 0.1) is 17.1 Å². The molecule has 0 radical (unpaired) electrons. The van der Waals surface area contributed by atoms with Gasteiger partial charge in [0.25, 0.3) is 5.91 Å². The Balaban J connectivity index is 0.000000469. The summed E-state index contributed by atoms with van der Waals surface area (Å²) < 4.78 is 117. The molecule has 322 valence electrons. The monoisotopic (exact) mass is 858 g/mol. The number of aromatic amines is 1. The van der Waals surface area contributed by atoms with Crippen molar-refractivity contribution in [3.8, 4) is 23.1 Å². The highest BCUT2D eigenvalue weighted by Gasteiger charge is 2.39. The molecule has 1 aliphatic rings. The number of carboxylic acid groups (broad SMARTS) is 3. The molecule has 1 fully saturated rings. The summed E-state index contributed by atoms with van der Waals surface area (Å²) in [5, 5.41) is 36.3. The van der Waals surface area contributed by atoms with Crippen LogP contribution in [0.1, 0.15) is 35.7 Å². The number of hydrogen-bond acceptors (Lipinski definition) is 10.